The number of alkyl halides is 3. The van der Waals surface area contributed by atoms with Crippen LogP contribution in [0.25, 0.3) is 0 Å². The Kier molecular flexibility index (Phi) is 4.47. The van der Waals surface area contributed by atoms with Gasteiger partial charge in [0, 0.05) is 7.05 Å². The van der Waals surface area contributed by atoms with Gasteiger partial charge in [0.25, 0.3) is 0 Å². The number of nitrogens with zero attached hydrogens (tertiary/aromatic N) is 4. The van der Waals surface area contributed by atoms with Crippen molar-refractivity contribution in [3.8, 4) is 5.75 Å². The lowest BCUT2D eigenvalue weighted by Gasteiger charge is -2.03. The minimum absolute atomic E-state index is 0.0676. The van der Waals surface area contributed by atoms with E-state index < -0.39 is 11.9 Å². The van der Waals surface area contributed by atoms with Crippen molar-refractivity contribution in [2.75, 3.05) is 0 Å². The second-order valence-electron chi connectivity index (χ2n) is 5.43. The van der Waals surface area contributed by atoms with Gasteiger partial charge in [-0.3, -0.25) is 9.36 Å². The van der Waals surface area contributed by atoms with Gasteiger partial charge >= 0.3 is 6.18 Å². The van der Waals surface area contributed by atoms with E-state index in [0.29, 0.717) is 18.0 Å². The maximum absolute atomic E-state index is 12.9. The predicted molar refractivity (Wildman–Crippen MR) is 80.3 cm³/mol. The normalized spacial score (nSPS) is 11.7. The summed E-state index contributed by atoms with van der Waals surface area (Å²) in [4.78, 5) is 0. The first-order chi connectivity index (χ1) is 11.8. The van der Waals surface area contributed by atoms with E-state index in [4.69, 9.17) is 4.74 Å². The molecule has 0 saturated heterocycles. The molecule has 0 aliphatic carbocycles. The lowest BCUT2D eigenvalue weighted by atomic mass is 10.2. The SMILES string of the molecule is Cn1nc(C(F)(F)F)cc1COc1cnn(Cc2ccc(F)cc2)c1. The van der Waals surface area contributed by atoms with Crippen molar-refractivity contribution in [3.05, 3.63) is 65.5 Å². The van der Waals surface area contributed by atoms with Crippen LogP contribution in [0.3, 0.4) is 0 Å². The van der Waals surface area contributed by atoms with Crippen molar-refractivity contribution in [2.45, 2.75) is 19.3 Å². The van der Waals surface area contributed by atoms with E-state index in [1.807, 2.05) is 0 Å². The summed E-state index contributed by atoms with van der Waals surface area (Å²) in [5.41, 5.74) is 0.191. The van der Waals surface area contributed by atoms with E-state index in [-0.39, 0.29) is 12.4 Å². The van der Waals surface area contributed by atoms with E-state index in [1.54, 1.807) is 23.0 Å². The highest BCUT2D eigenvalue weighted by atomic mass is 19.4. The molecule has 5 nitrogen and oxygen atoms in total. The van der Waals surface area contributed by atoms with Gasteiger partial charge < -0.3 is 4.74 Å². The predicted octanol–water partition coefficient (Wildman–Crippen LogP) is 3.40. The van der Waals surface area contributed by atoms with E-state index in [9.17, 15) is 17.6 Å². The van der Waals surface area contributed by atoms with Gasteiger partial charge in [0.15, 0.2) is 11.4 Å². The number of hydrogen-bond donors (Lipinski definition) is 0. The van der Waals surface area contributed by atoms with Gasteiger partial charge in [-0.15, -0.1) is 0 Å². The Bertz CT molecular complexity index is 852. The van der Waals surface area contributed by atoms with Crippen molar-refractivity contribution in [1.29, 1.82) is 0 Å². The minimum Gasteiger partial charge on any atom is -0.484 e. The molecule has 2 heterocycles. The summed E-state index contributed by atoms with van der Waals surface area (Å²) >= 11 is 0. The van der Waals surface area contributed by atoms with Crippen molar-refractivity contribution < 1.29 is 22.3 Å². The Morgan fingerprint density at radius 1 is 1.16 bits per heavy atom. The van der Waals surface area contributed by atoms with E-state index in [0.717, 1.165) is 16.3 Å². The molecule has 0 spiro atoms. The van der Waals surface area contributed by atoms with Crippen LogP contribution in [0.1, 0.15) is 17.0 Å². The third-order valence-electron chi connectivity index (χ3n) is 3.52. The molecule has 132 valence electrons. The second-order valence-corrected chi connectivity index (χ2v) is 5.43. The van der Waals surface area contributed by atoms with Gasteiger partial charge in [0.05, 0.1) is 24.6 Å². The molecule has 2 aromatic heterocycles. The fourth-order valence-corrected chi connectivity index (χ4v) is 2.22. The topological polar surface area (TPSA) is 44.9 Å². The van der Waals surface area contributed by atoms with Crippen LogP contribution >= 0.6 is 0 Å². The maximum atomic E-state index is 12.9. The molecule has 1 aromatic carbocycles. The molecule has 0 radical (unpaired) electrons. The van der Waals surface area contributed by atoms with Crippen LogP contribution in [0, 0.1) is 5.82 Å². The van der Waals surface area contributed by atoms with E-state index >= 15 is 0 Å². The quantitative estimate of drug-likeness (QED) is 0.660. The second kappa shape index (κ2) is 6.58. The summed E-state index contributed by atoms with van der Waals surface area (Å²) in [6, 6.07) is 6.95. The van der Waals surface area contributed by atoms with Crippen molar-refractivity contribution in [3.63, 3.8) is 0 Å². The Balaban J connectivity index is 1.62. The van der Waals surface area contributed by atoms with Crippen molar-refractivity contribution in [2.24, 2.45) is 7.05 Å². The van der Waals surface area contributed by atoms with Gasteiger partial charge in [0.2, 0.25) is 0 Å². The van der Waals surface area contributed by atoms with Gasteiger partial charge in [-0.05, 0) is 23.8 Å². The molecule has 3 aromatic rings. The Morgan fingerprint density at radius 2 is 1.88 bits per heavy atom. The van der Waals surface area contributed by atoms with E-state index in [2.05, 4.69) is 10.2 Å². The van der Waals surface area contributed by atoms with Gasteiger partial charge in [-0.25, -0.2) is 4.39 Å². The fourth-order valence-electron chi connectivity index (χ4n) is 2.22. The molecule has 0 N–H and O–H groups in total. The zero-order valence-corrected chi connectivity index (χ0v) is 13.2. The Labute approximate surface area is 140 Å². The number of ether oxygens (including phenoxy) is 1. The van der Waals surface area contributed by atoms with Crippen molar-refractivity contribution in [1.82, 2.24) is 19.6 Å². The highest BCUT2D eigenvalue weighted by molar-refractivity contribution is 5.19. The molecule has 0 aliphatic heterocycles. The highest BCUT2D eigenvalue weighted by Crippen LogP contribution is 2.28. The Morgan fingerprint density at radius 3 is 2.52 bits per heavy atom. The first kappa shape index (κ1) is 17.0. The molecule has 0 unspecified atom stereocenters. The molecular weight excluding hydrogens is 340 g/mol. The molecule has 3 rings (SSSR count). The largest absolute Gasteiger partial charge is 0.484 e. The number of rotatable bonds is 5. The molecule has 9 heteroatoms. The molecule has 0 fully saturated rings. The summed E-state index contributed by atoms with van der Waals surface area (Å²) in [6.07, 6.45) is -1.41. The van der Waals surface area contributed by atoms with Crippen LogP contribution in [0.4, 0.5) is 17.6 Å². The summed E-state index contributed by atoms with van der Waals surface area (Å²) in [6.45, 7) is 0.357. The number of hydrogen-bond acceptors (Lipinski definition) is 3. The number of halogens is 4. The lowest BCUT2D eigenvalue weighted by Crippen LogP contribution is -2.06. The minimum atomic E-state index is -4.49. The van der Waals surface area contributed by atoms with Crippen LogP contribution in [-0.4, -0.2) is 19.6 Å². The average molecular weight is 354 g/mol. The molecular formula is C16H14F4N4O. The zero-order chi connectivity index (χ0) is 18.0. The summed E-state index contributed by atoms with van der Waals surface area (Å²) in [5.74, 6) is 0.0968. The van der Waals surface area contributed by atoms with Crippen LogP contribution in [-0.2, 0) is 26.4 Å². The highest BCUT2D eigenvalue weighted by Gasteiger charge is 2.34. The van der Waals surface area contributed by atoms with Gasteiger partial charge in [-0.1, -0.05) is 12.1 Å². The number of benzene rings is 1. The molecule has 0 saturated carbocycles. The smallest absolute Gasteiger partial charge is 0.435 e. The van der Waals surface area contributed by atoms with Gasteiger partial charge in [0.1, 0.15) is 12.4 Å². The monoisotopic (exact) mass is 354 g/mol. The first-order valence-electron chi connectivity index (χ1n) is 7.31. The third-order valence-corrected chi connectivity index (χ3v) is 3.52. The molecule has 0 bridgehead atoms. The van der Waals surface area contributed by atoms with Crippen LogP contribution in [0.15, 0.2) is 42.7 Å². The third kappa shape index (κ3) is 4.17. The standard InChI is InChI=1S/C16H14F4N4O/c1-23-13(6-15(22-23)16(18,19)20)10-25-14-7-21-24(9-14)8-11-2-4-12(17)5-3-11/h2-7,9H,8,10H2,1H3. The number of aryl methyl sites for hydroxylation is 1. The molecule has 0 amide bonds. The van der Waals surface area contributed by atoms with Crippen molar-refractivity contribution >= 4 is 0 Å². The average Bonchev–Trinajstić information content (AvgIpc) is 3.14. The van der Waals surface area contributed by atoms with E-state index in [1.165, 1.54) is 25.4 Å². The molecule has 0 atom stereocenters. The van der Waals surface area contributed by atoms with Crippen LogP contribution in [0.5, 0.6) is 5.75 Å². The Hall–Kier alpha value is -2.84. The van der Waals surface area contributed by atoms with Crippen LogP contribution in [0.2, 0.25) is 0 Å². The van der Waals surface area contributed by atoms with Crippen LogP contribution < -0.4 is 4.74 Å². The molecule has 25 heavy (non-hydrogen) atoms. The zero-order valence-electron chi connectivity index (χ0n) is 13.2. The fraction of sp³-hybridized carbons (Fsp3) is 0.250. The summed E-state index contributed by atoms with van der Waals surface area (Å²) in [7, 11) is 1.42. The molecule has 0 aliphatic rings. The van der Waals surface area contributed by atoms with Gasteiger partial charge in [-0.2, -0.15) is 23.4 Å². The maximum Gasteiger partial charge on any atom is 0.435 e. The first-order valence-corrected chi connectivity index (χ1v) is 7.31. The number of aromatic nitrogens is 4. The lowest BCUT2D eigenvalue weighted by molar-refractivity contribution is -0.141. The summed E-state index contributed by atoms with van der Waals surface area (Å²) in [5, 5.41) is 7.53. The summed E-state index contributed by atoms with van der Waals surface area (Å²) < 4.78 is 58.9.